The predicted octanol–water partition coefficient (Wildman–Crippen LogP) is -0.610. The van der Waals surface area contributed by atoms with E-state index in [2.05, 4.69) is 20.3 Å². The van der Waals surface area contributed by atoms with Gasteiger partial charge < -0.3 is 30.9 Å². The quantitative estimate of drug-likeness (QED) is 0.115. The largest absolute Gasteiger partial charge is 0.619 e. The van der Waals surface area contributed by atoms with Gasteiger partial charge in [-0.25, -0.2) is 19.2 Å². The van der Waals surface area contributed by atoms with Crippen LogP contribution in [0.15, 0.2) is 21.8 Å². The van der Waals surface area contributed by atoms with Gasteiger partial charge in [-0.05, 0) is 0 Å². The Hall–Kier alpha value is -3.01. The third-order valence-electron chi connectivity index (χ3n) is 4.43. The van der Waals surface area contributed by atoms with E-state index >= 15 is 0 Å². The van der Waals surface area contributed by atoms with E-state index in [4.69, 9.17) is 10.5 Å². The Kier molecular flexibility index (Phi) is 6.30. The molecule has 15 heteroatoms. The Labute approximate surface area is 183 Å². The monoisotopic (exact) mass is 471 g/mol. The second-order valence-electron chi connectivity index (χ2n) is 6.38. The molecule has 0 aliphatic carbocycles. The standard InChI is InChI=1S/C16H17N5O8S2/c1-6(22)29-3-7-4-30-14-10(13(24)21(14,27)11(7)15(25)26)19-12(23)9(20-28-2)8-5-31-16(17)18-8/h5,10,14H,3-4H2,1-2H3,(H2,17,18)(H,19,23)(H,25,26)/b20-9-/t10-,14-,21?/m1/s1. The zero-order valence-electron chi connectivity index (χ0n) is 16.2. The molecule has 3 rings (SSSR count). The molecule has 2 amide bonds. The molecule has 0 radical (unpaired) electrons. The first-order valence-electron chi connectivity index (χ1n) is 8.59. The highest BCUT2D eigenvalue weighted by atomic mass is 32.2. The summed E-state index contributed by atoms with van der Waals surface area (Å²) in [6.45, 7) is 0.718. The summed E-state index contributed by atoms with van der Waals surface area (Å²) in [5.41, 5.74) is 4.73. The fraction of sp³-hybridized carbons (Fsp3) is 0.375. The third-order valence-corrected chi connectivity index (χ3v) is 6.53. The average molecular weight is 471 g/mol. The summed E-state index contributed by atoms with van der Waals surface area (Å²) < 4.78 is 3.03. The van der Waals surface area contributed by atoms with E-state index in [1.54, 1.807) is 0 Å². The van der Waals surface area contributed by atoms with Crippen molar-refractivity contribution in [2.45, 2.75) is 18.3 Å². The molecule has 1 saturated heterocycles. The van der Waals surface area contributed by atoms with Gasteiger partial charge in [0.15, 0.2) is 16.2 Å². The van der Waals surface area contributed by atoms with Crippen LogP contribution in [0.4, 0.5) is 5.13 Å². The minimum absolute atomic E-state index is 0.0247. The summed E-state index contributed by atoms with van der Waals surface area (Å²) in [7, 11) is 1.21. The predicted molar refractivity (Wildman–Crippen MR) is 108 cm³/mol. The number of carboxylic acid groups (broad SMARTS) is 1. The highest BCUT2D eigenvalue weighted by Gasteiger charge is 2.66. The molecule has 2 aliphatic heterocycles. The summed E-state index contributed by atoms with van der Waals surface area (Å²) in [5, 5.41) is 29.3. The molecule has 0 aromatic carbocycles. The zero-order valence-corrected chi connectivity index (χ0v) is 17.8. The first-order chi connectivity index (χ1) is 14.6. The van der Waals surface area contributed by atoms with Gasteiger partial charge in [0.05, 0.1) is 0 Å². The molecular formula is C16H17N5O8S2. The Morgan fingerprint density at radius 3 is 2.74 bits per heavy atom. The second-order valence-corrected chi connectivity index (χ2v) is 8.37. The minimum Gasteiger partial charge on any atom is -0.619 e. The molecule has 3 atom stereocenters. The second kappa shape index (κ2) is 8.62. The van der Waals surface area contributed by atoms with Crippen LogP contribution >= 0.6 is 23.1 Å². The number of nitrogens with one attached hydrogen (secondary N) is 1. The van der Waals surface area contributed by atoms with Crippen molar-refractivity contribution in [2.24, 2.45) is 5.16 Å². The number of hydroxylamine groups is 3. The van der Waals surface area contributed by atoms with Crippen molar-refractivity contribution >= 4 is 57.7 Å². The molecule has 166 valence electrons. The number of hydrogen-bond acceptors (Lipinski definition) is 12. The minimum atomic E-state index is -1.78. The van der Waals surface area contributed by atoms with Crippen molar-refractivity contribution < 1.29 is 38.5 Å². The fourth-order valence-electron chi connectivity index (χ4n) is 3.14. The lowest BCUT2D eigenvalue weighted by molar-refractivity contribution is -0.805. The number of ether oxygens (including phenoxy) is 1. The maximum Gasteiger partial charge on any atom is 0.391 e. The molecule has 1 unspecified atom stereocenters. The number of rotatable bonds is 7. The Bertz CT molecular complexity index is 1020. The van der Waals surface area contributed by atoms with Gasteiger partial charge in [0.25, 0.3) is 5.91 Å². The van der Waals surface area contributed by atoms with Crippen molar-refractivity contribution in [2.75, 3.05) is 25.2 Å². The van der Waals surface area contributed by atoms with Crippen molar-refractivity contribution in [3.63, 3.8) is 0 Å². The number of amides is 2. The Morgan fingerprint density at radius 2 is 2.19 bits per heavy atom. The number of fused-ring (bicyclic) bond motifs is 1. The number of nitrogen functional groups attached to an aromatic ring is 1. The van der Waals surface area contributed by atoms with E-state index < -0.39 is 52.1 Å². The molecule has 1 aromatic rings. The number of nitrogens with two attached hydrogens (primary N) is 1. The SMILES string of the molecule is CO/N=C(\C(=O)N[C@@H]1C(=O)[N+]2([O-])C(C(=O)O)=C(COC(C)=O)CS[C@H]12)c1csc(N)n1. The van der Waals surface area contributed by atoms with Crippen LogP contribution in [0.25, 0.3) is 0 Å². The molecule has 3 heterocycles. The van der Waals surface area contributed by atoms with E-state index in [1.165, 1.54) is 12.5 Å². The Balaban J connectivity index is 1.84. The van der Waals surface area contributed by atoms with Crippen LogP contribution in [0.2, 0.25) is 0 Å². The van der Waals surface area contributed by atoms with Crippen LogP contribution < -0.4 is 11.1 Å². The van der Waals surface area contributed by atoms with Crippen molar-refractivity contribution in [3.05, 3.63) is 27.6 Å². The van der Waals surface area contributed by atoms with Gasteiger partial charge in [-0.15, -0.1) is 11.3 Å². The normalized spacial score (nSPS) is 25.4. The van der Waals surface area contributed by atoms with E-state index in [0.717, 1.165) is 30.0 Å². The highest BCUT2D eigenvalue weighted by molar-refractivity contribution is 8.00. The number of thiazole rings is 1. The molecule has 0 spiro atoms. The number of carboxylic acids is 1. The number of aliphatic carboxylic acids is 1. The van der Waals surface area contributed by atoms with Gasteiger partial charge in [0.2, 0.25) is 11.7 Å². The molecule has 2 aliphatic rings. The van der Waals surface area contributed by atoms with Gasteiger partial charge in [-0.3, -0.25) is 9.59 Å². The van der Waals surface area contributed by atoms with Gasteiger partial charge in [0.1, 0.15) is 19.4 Å². The number of aromatic nitrogens is 1. The number of esters is 1. The number of anilines is 1. The molecule has 0 saturated carbocycles. The van der Waals surface area contributed by atoms with E-state index in [0.29, 0.717) is 0 Å². The summed E-state index contributed by atoms with van der Waals surface area (Å²) in [4.78, 5) is 56.7. The lowest BCUT2D eigenvalue weighted by Gasteiger charge is -2.57. The summed E-state index contributed by atoms with van der Waals surface area (Å²) in [5.74, 6) is -4.14. The smallest absolute Gasteiger partial charge is 0.391 e. The molecule has 1 aromatic heterocycles. The lowest BCUT2D eigenvalue weighted by Crippen LogP contribution is -2.79. The maximum atomic E-state index is 13.2. The van der Waals surface area contributed by atoms with Gasteiger partial charge in [0, 0.05) is 23.6 Å². The first kappa shape index (κ1) is 22.7. The van der Waals surface area contributed by atoms with E-state index in [1.807, 2.05) is 0 Å². The number of β-lactam (4-membered cyclic amide) rings is 1. The van der Waals surface area contributed by atoms with Crippen molar-refractivity contribution in [1.82, 2.24) is 10.3 Å². The van der Waals surface area contributed by atoms with Crippen molar-refractivity contribution in [3.8, 4) is 0 Å². The molecular weight excluding hydrogens is 454 g/mol. The average Bonchev–Trinajstić information content (AvgIpc) is 3.13. The number of oxime groups is 1. The van der Waals surface area contributed by atoms with E-state index in [9.17, 15) is 29.5 Å². The van der Waals surface area contributed by atoms with Crippen LogP contribution in [0.1, 0.15) is 12.6 Å². The number of nitrogens with zero attached hydrogens (tertiary/aromatic N) is 3. The Morgan fingerprint density at radius 1 is 1.48 bits per heavy atom. The van der Waals surface area contributed by atoms with Gasteiger partial charge >= 0.3 is 17.8 Å². The first-order valence-corrected chi connectivity index (χ1v) is 10.5. The lowest BCUT2D eigenvalue weighted by atomic mass is 10.0. The topological polar surface area (TPSA) is 193 Å². The molecule has 31 heavy (non-hydrogen) atoms. The van der Waals surface area contributed by atoms with Crippen LogP contribution in [0.3, 0.4) is 0 Å². The highest BCUT2D eigenvalue weighted by Crippen LogP contribution is 2.47. The number of carbonyl (C=O) groups excluding carboxylic acids is 3. The molecule has 13 nitrogen and oxygen atoms in total. The number of hydrogen-bond donors (Lipinski definition) is 3. The van der Waals surface area contributed by atoms with Crippen molar-refractivity contribution in [1.29, 1.82) is 0 Å². The molecule has 0 bridgehead atoms. The summed E-state index contributed by atoms with van der Waals surface area (Å²) >= 11 is 2.04. The van der Waals surface area contributed by atoms with Crippen LogP contribution in [-0.4, -0.2) is 75.1 Å². The van der Waals surface area contributed by atoms with E-state index in [-0.39, 0.29) is 27.9 Å². The number of carbonyl (C=O) groups is 4. The number of thioether (sulfide) groups is 1. The molecule has 1 fully saturated rings. The van der Waals surface area contributed by atoms with Crippen LogP contribution in [-0.2, 0) is 28.8 Å². The third kappa shape index (κ3) is 3.99. The summed E-state index contributed by atoms with van der Waals surface area (Å²) in [6.07, 6.45) is 0. The van der Waals surface area contributed by atoms with Gasteiger partial charge in [-0.2, -0.15) is 0 Å². The van der Waals surface area contributed by atoms with Gasteiger partial charge in [-0.1, -0.05) is 16.9 Å². The summed E-state index contributed by atoms with van der Waals surface area (Å²) in [6, 6.07) is -1.27. The van der Waals surface area contributed by atoms with Crippen LogP contribution in [0.5, 0.6) is 0 Å². The molecule has 4 N–H and O–H groups in total. The fourth-order valence-corrected chi connectivity index (χ4v) is 5.07. The number of quaternary nitrogens is 1. The maximum absolute atomic E-state index is 13.2. The van der Waals surface area contributed by atoms with Crippen LogP contribution in [0, 0.1) is 5.21 Å². The zero-order chi connectivity index (χ0) is 22.9.